The molecule has 0 saturated carbocycles. The molecule has 0 radical (unpaired) electrons. The second-order valence-corrected chi connectivity index (χ2v) is 4.97. The number of carbonyl (C=O) groups is 2. The van der Waals surface area contributed by atoms with E-state index in [1.54, 1.807) is 0 Å². The normalized spacial score (nSPS) is 10.2. The number of benzene rings is 1. The molecule has 3 N–H and O–H groups in total. The van der Waals surface area contributed by atoms with Crippen molar-refractivity contribution in [2.45, 2.75) is 38.5 Å². The Morgan fingerprint density at radius 3 is 2.27 bits per heavy atom. The zero-order valence-corrected chi connectivity index (χ0v) is 12.6. The average molecular weight is 309 g/mol. The molecule has 0 unspecified atom stereocenters. The van der Waals surface area contributed by atoms with Gasteiger partial charge in [0, 0.05) is 19.4 Å². The maximum absolute atomic E-state index is 10.4. The number of para-hydroxylation sites is 2. The lowest BCUT2D eigenvalue weighted by Gasteiger charge is -2.13. The first-order valence-corrected chi connectivity index (χ1v) is 7.49. The standard InChI is InChI=1S/C16H23NO5/c18-15(19)9-3-5-11-17-13-7-1-2-8-14(13)22-12-6-4-10-16(20)21/h1-2,7-8,17H,3-6,9-12H2,(H,18,19)(H,20,21). The topological polar surface area (TPSA) is 95.9 Å². The highest BCUT2D eigenvalue weighted by molar-refractivity contribution is 5.66. The van der Waals surface area contributed by atoms with Crippen molar-refractivity contribution in [1.82, 2.24) is 0 Å². The fourth-order valence-corrected chi connectivity index (χ4v) is 1.92. The summed E-state index contributed by atoms with van der Waals surface area (Å²) < 4.78 is 5.66. The molecule has 1 aromatic rings. The molecule has 0 aromatic heterocycles. The molecule has 0 fully saturated rings. The van der Waals surface area contributed by atoms with Crippen LogP contribution in [-0.4, -0.2) is 35.3 Å². The molecular weight excluding hydrogens is 286 g/mol. The van der Waals surface area contributed by atoms with E-state index in [9.17, 15) is 9.59 Å². The van der Waals surface area contributed by atoms with Crippen molar-refractivity contribution in [3.8, 4) is 5.75 Å². The molecule has 6 nitrogen and oxygen atoms in total. The molecule has 22 heavy (non-hydrogen) atoms. The van der Waals surface area contributed by atoms with Gasteiger partial charge in [-0.3, -0.25) is 9.59 Å². The Bertz CT molecular complexity index is 432. The van der Waals surface area contributed by atoms with Crippen molar-refractivity contribution in [3.05, 3.63) is 24.3 Å². The summed E-state index contributed by atoms with van der Waals surface area (Å²) in [5.74, 6) is -0.829. The summed E-state index contributed by atoms with van der Waals surface area (Å²) in [5, 5.41) is 20.4. The van der Waals surface area contributed by atoms with Crippen molar-refractivity contribution in [3.63, 3.8) is 0 Å². The number of hydrogen-bond acceptors (Lipinski definition) is 4. The molecule has 0 aliphatic carbocycles. The molecule has 6 heteroatoms. The van der Waals surface area contributed by atoms with Crippen LogP contribution in [-0.2, 0) is 9.59 Å². The summed E-state index contributed by atoms with van der Waals surface area (Å²) in [6.45, 7) is 1.16. The lowest BCUT2D eigenvalue weighted by atomic mass is 10.2. The number of aliphatic carboxylic acids is 2. The number of hydrogen-bond donors (Lipinski definition) is 3. The number of rotatable bonds is 12. The zero-order valence-electron chi connectivity index (χ0n) is 12.6. The van der Waals surface area contributed by atoms with Crippen LogP contribution in [0.3, 0.4) is 0 Å². The second kappa shape index (κ2) is 10.5. The van der Waals surface area contributed by atoms with Gasteiger partial charge in [-0.2, -0.15) is 0 Å². The third-order valence-electron chi connectivity index (χ3n) is 3.06. The molecule has 0 amide bonds. The van der Waals surface area contributed by atoms with Crippen LogP contribution in [0.5, 0.6) is 5.75 Å². The van der Waals surface area contributed by atoms with Gasteiger partial charge in [-0.05, 0) is 37.8 Å². The van der Waals surface area contributed by atoms with E-state index in [2.05, 4.69) is 5.32 Å². The van der Waals surface area contributed by atoms with Crippen LogP contribution in [0.15, 0.2) is 24.3 Å². The van der Waals surface area contributed by atoms with Gasteiger partial charge in [0.2, 0.25) is 0 Å². The Balaban J connectivity index is 2.28. The predicted octanol–water partition coefficient (Wildman–Crippen LogP) is 2.99. The Morgan fingerprint density at radius 2 is 1.59 bits per heavy atom. The fraction of sp³-hybridized carbons (Fsp3) is 0.500. The van der Waals surface area contributed by atoms with Crippen LogP contribution >= 0.6 is 0 Å². The minimum atomic E-state index is -0.788. The molecule has 0 heterocycles. The quantitative estimate of drug-likeness (QED) is 0.514. The molecule has 0 aliphatic heterocycles. The number of carboxylic acid groups (broad SMARTS) is 2. The molecular formula is C16H23NO5. The average Bonchev–Trinajstić information content (AvgIpc) is 2.47. The van der Waals surface area contributed by atoms with E-state index in [0.29, 0.717) is 32.4 Å². The maximum atomic E-state index is 10.4. The molecule has 122 valence electrons. The Morgan fingerprint density at radius 1 is 0.955 bits per heavy atom. The van der Waals surface area contributed by atoms with E-state index in [4.69, 9.17) is 14.9 Å². The van der Waals surface area contributed by atoms with E-state index in [-0.39, 0.29) is 12.8 Å². The summed E-state index contributed by atoms with van der Waals surface area (Å²) in [7, 11) is 0. The molecule has 0 atom stereocenters. The highest BCUT2D eigenvalue weighted by Gasteiger charge is 2.03. The van der Waals surface area contributed by atoms with Crippen LogP contribution in [0.4, 0.5) is 5.69 Å². The molecule has 0 bridgehead atoms. The number of unbranched alkanes of at least 4 members (excludes halogenated alkanes) is 2. The third-order valence-corrected chi connectivity index (χ3v) is 3.06. The Kier molecular flexibility index (Phi) is 8.49. The van der Waals surface area contributed by atoms with Crippen molar-refractivity contribution < 1.29 is 24.5 Å². The second-order valence-electron chi connectivity index (χ2n) is 4.97. The smallest absolute Gasteiger partial charge is 0.303 e. The lowest BCUT2D eigenvalue weighted by Crippen LogP contribution is -2.06. The van der Waals surface area contributed by atoms with E-state index < -0.39 is 11.9 Å². The molecule has 1 aromatic carbocycles. The SMILES string of the molecule is O=C(O)CCCCNc1ccccc1OCCCCC(=O)O. The van der Waals surface area contributed by atoms with Gasteiger partial charge in [0.25, 0.3) is 0 Å². The maximum Gasteiger partial charge on any atom is 0.303 e. The molecule has 0 aliphatic rings. The highest BCUT2D eigenvalue weighted by atomic mass is 16.5. The zero-order chi connectivity index (χ0) is 16.2. The van der Waals surface area contributed by atoms with Crippen molar-refractivity contribution >= 4 is 17.6 Å². The first-order chi connectivity index (χ1) is 10.6. The van der Waals surface area contributed by atoms with E-state index in [1.807, 2.05) is 24.3 Å². The van der Waals surface area contributed by atoms with Gasteiger partial charge in [-0.25, -0.2) is 0 Å². The van der Waals surface area contributed by atoms with Crippen molar-refractivity contribution in [1.29, 1.82) is 0 Å². The summed E-state index contributed by atoms with van der Waals surface area (Å²) in [6.07, 6.45) is 3.05. The molecule has 0 saturated heterocycles. The predicted molar refractivity (Wildman–Crippen MR) is 83.4 cm³/mol. The minimum absolute atomic E-state index is 0.160. The summed E-state index contributed by atoms with van der Waals surface area (Å²) in [5.41, 5.74) is 0.871. The van der Waals surface area contributed by atoms with Gasteiger partial charge in [-0.1, -0.05) is 12.1 Å². The van der Waals surface area contributed by atoms with Gasteiger partial charge in [0.05, 0.1) is 12.3 Å². The number of nitrogens with one attached hydrogen (secondary N) is 1. The summed E-state index contributed by atoms with van der Waals surface area (Å²) in [6, 6.07) is 7.54. The van der Waals surface area contributed by atoms with Crippen molar-refractivity contribution in [2.24, 2.45) is 0 Å². The van der Waals surface area contributed by atoms with Crippen molar-refractivity contribution in [2.75, 3.05) is 18.5 Å². The van der Waals surface area contributed by atoms with Gasteiger partial charge in [-0.15, -0.1) is 0 Å². The van der Waals surface area contributed by atoms with Crippen LogP contribution < -0.4 is 10.1 Å². The van der Waals surface area contributed by atoms with Crippen LogP contribution in [0, 0.1) is 0 Å². The lowest BCUT2D eigenvalue weighted by molar-refractivity contribution is -0.138. The fourth-order valence-electron chi connectivity index (χ4n) is 1.92. The largest absolute Gasteiger partial charge is 0.491 e. The van der Waals surface area contributed by atoms with Crippen LogP contribution in [0.1, 0.15) is 38.5 Å². The number of carboxylic acids is 2. The first kappa shape index (κ1) is 17.8. The summed E-state index contributed by atoms with van der Waals surface area (Å²) in [4.78, 5) is 20.8. The van der Waals surface area contributed by atoms with Gasteiger partial charge >= 0.3 is 11.9 Å². The van der Waals surface area contributed by atoms with Gasteiger partial charge < -0.3 is 20.3 Å². The van der Waals surface area contributed by atoms with Crippen LogP contribution in [0.2, 0.25) is 0 Å². The third kappa shape index (κ3) is 8.14. The highest BCUT2D eigenvalue weighted by Crippen LogP contribution is 2.24. The van der Waals surface area contributed by atoms with E-state index in [0.717, 1.165) is 17.9 Å². The van der Waals surface area contributed by atoms with Gasteiger partial charge in [0.1, 0.15) is 5.75 Å². The number of anilines is 1. The Labute approximate surface area is 130 Å². The van der Waals surface area contributed by atoms with E-state index in [1.165, 1.54) is 0 Å². The summed E-state index contributed by atoms with van der Waals surface area (Å²) >= 11 is 0. The Hall–Kier alpha value is -2.24. The van der Waals surface area contributed by atoms with Gasteiger partial charge in [0.15, 0.2) is 0 Å². The van der Waals surface area contributed by atoms with Crippen LogP contribution in [0.25, 0.3) is 0 Å². The number of ether oxygens (including phenoxy) is 1. The first-order valence-electron chi connectivity index (χ1n) is 7.49. The minimum Gasteiger partial charge on any atom is -0.491 e. The molecule has 1 rings (SSSR count). The monoisotopic (exact) mass is 309 g/mol. The molecule has 0 spiro atoms. The van der Waals surface area contributed by atoms with E-state index >= 15 is 0 Å².